The average Bonchev–Trinajstić information content (AvgIpc) is 3.01. The number of hydrogen-bond acceptors (Lipinski definition) is 5. The molecule has 21 heavy (non-hydrogen) atoms. The molecule has 0 radical (unpaired) electrons. The Balaban J connectivity index is 2.13. The lowest BCUT2D eigenvalue weighted by atomic mass is 10.1. The molecule has 0 bridgehead atoms. The Labute approximate surface area is 128 Å². The fraction of sp³-hybridized carbons (Fsp3) is 0.786. The third kappa shape index (κ3) is 2.88. The number of carbonyl (C=O) groups is 3. The summed E-state index contributed by atoms with van der Waals surface area (Å²) in [7, 11) is 0. The van der Waals surface area contributed by atoms with Crippen molar-refractivity contribution in [3.63, 3.8) is 0 Å². The molecular weight excluding hydrogens is 294 g/mol. The Bertz CT molecular complexity index is 464. The molecule has 0 aromatic carbocycles. The normalized spacial score (nSPS) is 30.6. The second-order valence-corrected chi connectivity index (χ2v) is 7.14. The summed E-state index contributed by atoms with van der Waals surface area (Å²) in [6, 6.07) is -0.595. The monoisotopic (exact) mass is 315 g/mol. The van der Waals surface area contributed by atoms with Crippen LogP contribution in [0.15, 0.2) is 0 Å². The molecule has 1 aliphatic carbocycles. The van der Waals surface area contributed by atoms with Crippen LogP contribution in [0.1, 0.15) is 20.8 Å². The van der Waals surface area contributed by atoms with Crippen molar-refractivity contribution in [1.82, 2.24) is 4.90 Å². The van der Waals surface area contributed by atoms with Gasteiger partial charge in [0.25, 0.3) is 0 Å². The van der Waals surface area contributed by atoms with Gasteiger partial charge in [0.1, 0.15) is 6.04 Å². The molecule has 1 saturated heterocycles. The first-order valence-electron chi connectivity index (χ1n) is 7.10. The van der Waals surface area contributed by atoms with E-state index in [4.69, 9.17) is 4.74 Å². The van der Waals surface area contributed by atoms with Gasteiger partial charge in [-0.25, -0.2) is 4.79 Å². The Morgan fingerprint density at radius 1 is 1.33 bits per heavy atom. The summed E-state index contributed by atoms with van der Waals surface area (Å²) in [4.78, 5) is 37.4. The number of aliphatic carboxylic acids is 1. The molecule has 1 saturated carbocycles. The van der Waals surface area contributed by atoms with Crippen molar-refractivity contribution in [3.8, 4) is 0 Å². The van der Waals surface area contributed by atoms with Crippen molar-refractivity contribution in [3.05, 3.63) is 0 Å². The van der Waals surface area contributed by atoms with Gasteiger partial charge in [-0.3, -0.25) is 9.59 Å². The van der Waals surface area contributed by atoms with Crippen molar-refractivity contribution in [1.29, 1.82) is 0 Å². The van der Waals surface area contributed by atoms with Gasteiger partial charge in [0, 0.05) is 18.1 Å². The van der Waals surface area contributed by atoms with E-state index in [0.717, 1.165) is 5.75 Å². The van der Waals surface area contributed by atoms with Crippen LogP contribution < -0.4 is 0 Å². The van der Waals surface area contributed by atoms with Crippen molar-refractivity contribution in [2.24, 2.45) is 17.3 Å². The fourth-order valence-corrected chi connectivity index (χ4v) is 4.07. The molecule has 1 unspecified atom stereocenters. The van der Waals surface area contributed by atoms with Gasteiger partial charge >= 0.3 is 11.9 Å². The van der Waals surface area contributed by atoms with Gasteiger partial charge in [-0.05, 0) is 12.3 Å². The minimum atomic E-state index is -0.947. The van der Waals surface area contributed by atoms with Crippen LogP contribution in [-0.2, 0) is 19.1 Å². The number of hydrogen-bond donors (Lipinski definition) is 1. The van der Waals surface area contributed by atoms with Crippen molar-refractivity contribution < 1.29 is 24.2 Å². The van der Waals surface area contributed by atoms with Crippen molar-refractivity contribution in [2.75, 3.05) is 24.7 Å². The van der Waals surface area contributed by atoms with Crippen LogP contribution in [0.2, 0.25) is 0 Å². The predicted octanol–water partition coefficient (Wildman–Crippen LogP) is 0.850. The third-order valence-electron chi connectivity index (χ3n) is 4.33. The molecule has 0 aromatic rings. The van der Waals surface area contributed by atoms with E-state index in [9.17, 15) is 19.5 Å². The molecular formula is C14H21NO5S. The van der Waals surface area contributed by atoms with Crippen LogP contribution in [-0.4, -0.2) is 58.6 Å². The van der Waals surface area contributed by atoms with E-state index in [1.165, 1.54) is 4.90 Å². The highest BCUT2D eigenvalue weighted by atomic mass is 32.2. The first kappa shape index (κ1) is 16.1. The summed E-state index contributed by atoms with van der Waals surface area (Å²) in [6.45, 7) is 6.03. The van der Waals surface area contributed by atoms with Gasteiger partial charge in [-0.2, -0.15) is 11.8 Å². The highest BCUT2D eigenvalue weighted by molar-refractivity contribution is 7.99. The molecule has 6 nitrogen and oxygen atoms in total. The zero-order valence-electron chi connectivity index (χ0n) is 12.5. The van der Waals surface area contributed by atoms with E-state index < -0.39 is 35.2 Å². The Morgan fingerprint density at radius 2 is 2.00 bits per heavy atom. The number of carbonyl (C=O) groups excluding carboxylic acids is 2. The smallest absolute Gasteiger partial charge is 0.329 e. The molecule has 1 amide bonds. The third-order valence-corrected chi connectivity index (χ3v) is 5.35. The number of carboxylic acids is 1. The van der Waals surface area contributed by atoms with Crippen LogP contribution in [0.3, 0.4) is 0 Å². The second-order valence-electron chi connectivity index (χ2n) is 5.99. The van der Waals surface area contributed by atoms with Gasteiger partial charge < -0.3 is 14.7 Å². The fourth-order valence-electron chi connectivity index (χ4n) is 3.04. The molecule has 1 aliphatic heterocycles. The highest BCUT2D eigenvalue weighted by Gasteiger charge is 2.67. The summed E-state index contributed by atoms with van der Waals surface area (Å²) in [6.07, 6.45) is 0. The van der Waals surface area contributed by atoms with Gasteiger partial charge in [0.15, 0.2) is 0 Å². The zero-order valence-corrected chi connectivity index (χ0v) is 13.3. The Hall–Kier alpha value is -1.24. The maximum Gasteiger partial charge on any atom is 0.329 e. The molecule has 0 aromatic heterocycles. The van der Waals surface area contributed by atoms with E-state index in [2.05, 4.69) is 0 Å². The largest absolute Gasteiger partial charge is 0.481 e. The molecule has 118 valence electrons. The number of carboxylic acid groups (broad SMARTS) is 1. The van der Waals surface area contributed by atoms with E-state index >= 15 is 0 Å². The first-order chi connectivity index (χ1) is 9.82. The summed E-state index contributed by atoms with van der Waals surface area (Å²) in [5, 5.41) is 9.20. The molecule has 0 spiro atoms. The number of esters is 1. The highest BCUT2D eigenvalue weighted by Crippen LogP contribution is 2.59. The van der Waals surface area contributed by atoms with Crippen molar-refractivity contribution >= 4 is 29.6 Å². The molecule has 2 rings (SSSR count). The lowest BCUT2D eigenvalue weighted by Crippen LogP contribution is -2.52. The molecule has 1 heterocycles. The van der Waals surface area contributed by atoms with Gasteiger partial charge in [0.05, 0.1) is 18.4 Å². The first-order valence-corrected chi connectivity index (χ1v) is 8.25. The zero-order chi connectivity index (χ0) is 15.8. The van der Waals surface area contributed by atoms with Crippen LogP contribution in [0.4, 0.5) is 0 Å². The number of rotatable bonds is 4. The van der Waals surface area contributed by atoms with Crippen molar-refractivity contribution in [2.45, 2.75) is 26.8 Å². The minimum Gasteiger partial charge on any atom is -0.481 e. The SMILES string of the molecule is CCOC(=O)C1CSCCN1C(=O)[C@H]1[C@@H](C(=O)O)C1(C)C. The second kappa shape index (κ2) is 5.87. The predicted molar refractivity (Wildman–Crippen MR) is 77.9 cm³/mol. The van der Waals surface area contributed by atoms with Gasteiger partial charge in [0.2, 0.25) is 5.91 Å². The lowest BCUT2D eigenvalue weighted by Gasteiger charge is -2.34. The Kier molecular flexibility index (Phi) is 4.51. The maximum absolute atomic E-state index is 12.7. The van der Waals surface area contributed by atoms with Gasteiger partial charge in [-0.15, -0.1) is 0 Å². The number of nitrogens with zero attached hydrogens (tertiary/aromatic N) is 1. The quantitative estimate of drug-likeness (QED) is 0.774. The number of thioether (sulfide) groups is 1. The molecule has 3 atom stereocenters. The summed E-state index contributed by atoms with van der Waals surface area (Å²) < 4.78 is 5.03. The number of amides is 1. The summed E-state index contributed by atoms with van der Waals surface area (Å²) in [5.74, 6) is -1.52. The van der Waals surface area contributed by atoms with Crippen LogP contribution >= 0.6 is 11.8 Å². The Morgan fingerprint density at radius 3 is 2.52 bits per heavy atom. The molecule has 2 aliphatic rings. The molecule has 1 N–H and O–H groups in total. The van der Waals surface area contributed by atoms with Crippen LogP contribution in [0.25, 0.3) is 0 Å². The van der Waals surface area contributed by atoms with E-state index in [1.807, 2.05) is 0 Å². The van der Waals surface area contributed by atoms with Crippen LogP contribution in [0, 0.1) is 17.3 Å². The van der Waals surface area contributed by atoms with E-state index in [-0.39, 0.29) is 12.5 Å². The standard InChI is InChI=1S/C14H21NO5S/c1-4-20-13(19)8-7-21-6-5-15(8)11(16)9-10(12(17)18)14(9,2)3/h8-10H,4-7H2,1-3H3,(H,17,18)/t8?,9-,10+/m1/s1. The topological polar surface area (TPSA) is 83.9 Å². The van der Waals surface area contributed by atoms with Gasteiger partial charge in [-0.1, -0.05) is 13.8 Å². The average molecular weight is 315 g/mol. The van der Waals surface area contributed by atoms with Crippen LogP contribution in [0.5, 0.6) is 0 Å². The van der Waals surface area contributed by atoms with E-state index in [1.54, 1.807) is 32.5 Å². The van der Waals surface area contributed by atoms with E-state index in [0.29, 0.717) is 12.3 Å². The summed E-state index contributed by atoms with van der Waals surface area (Å²) >= 11 is 1.61. The minimum absolute atomic E-state index is 0.231. The lowest BCUT2D eigenvalue weighted by molar-refractivity contribution is -0.154. The summed E-state index contributed by atoms with van der Waals surface area (Å²) in [5.41, 5.74) is -0.549. The molecule has 2 fully saturated rings. The maximum atomic E-state index is 12.7. The molecule has 7 heteroatoms. The number of ether oxygens (including phenoxy) is 1.